The van der Waals surface area contributed by atoms with Crippen LogP contribution in [-0.2, 0) is 14.3 Å². The van der Waals surface area contributed by atoms with E-state index < -0.39 is 0 Å². The van der Waals surface area contributed by atoms with Gasteiger partial charge in [0.25, 0.3) is 0 Å². The van der Waals surface area contributed by atoms with Crippen LogP contribution in [-0.4, -0.2) is 38.3 Å². The number of amides is 1. The standard InChI is InChI=1S/C10H20ClNO3/c1-2-6-14-9-15-7-4-3-5-12-10(13)8-11/h2-9H2,1H3,(H,12,13). The Balaban J connectivity index is 2.95. The maximum absolute atomic E-state index is 10.7. The van der Waals surface area contributed by atoms with Crippen molar-refractivity contribution in [2.24, 2.45) is 0 Å². The highest BCUT2D eigenvalue weighted by molar-refractivity contribution is 6.27. The molecule has 0 aliphatic carbocycles. The molecule has 0 radical (unpaired) electrons. The Bertz CT molecular complexity index is 156. The SMILES string of the molecule is CCCOCOCCCCNC(=O)CCl. The highest BCUT2D eigenvalue weighted by Crippen LogP contribution is 1.90. The molecule has 0 fully saturated rings. The van der Waals surface area contributed by atoms with Crippen molar-refractivity contribution in [3.63, 3.8) is 0 Å². The van der Waals surface area contributed by atoms with Crippen LogP contribution >= 0.6 is 11.6 Å². The van der Waals surface area contributed by atoms with Crippen molar-refractivity contribution >= 4 is 17.5 Å². The summed E-state index contributed by atoms with van der Waals surface area (Å²) in [4.78, 5) is 10.7. The van der Waals surface area contributed by atoms with Crippen LogP contribution in [0.5, 0.6) is 0 Å². The summed E-state index contributed by atoms with van der Waals surface area (Å²) in [5, 5.41) is 2.69. The lowest BCUT2D eigenvalue weighted by atomic mass is 10.3. The van der Waals surface area contributed by atoms with E-state index >= 15 is 0 Å². The average molecular weight is 238 g/mol. The monoisotopic (exact) mass is 237 g/mol. The second-order valence-electron chi connectivity index (χ2n) is 3.13. The van der Waals surface area contributed by atoms with Crippen molar-refractivity contribution in [3.05, 3.63) is 0 Å². The molecule has 0 rings (SSSR count). The zero-order valence-electron chi connectivity index (χ0n) is 9.26. The van der Waals surface area contributed by atoms with Gasteiger partial charge in [-0.15, -0.1) is 11.6 Å². The Morgan fingerprint density at radius 1 is 1.27 bits per heavy atom. The zero-order valence-corrected chi connectivity index (χ0v) is 10.0. The largest absolute Gasteiger partial charge is 0.355 e. The van der Waals surface area contributed by atoms with Crippen molar-refractivity contribution in [2.75, 3.05) is 32.4 Å². The molecule has 0 aliphatic rings. The summed E-state index contributed by atoms with van der Waals surface area (Å²) in [6.07, 6.45) is 2.82. The third-order valence-corrected chi connectivity index (χ3v) is 1.92. The number of carbonyl (C=O) groups excluding carboxylic acids is 1. The van der Waals surface area contributed by atoms with Gasteiger partial charge in [0.1, 0.15) is 12.7 Å². The Labute approximate surface area is 96.3 Å². The first-order valence-electron chi connectivity index (χ1n) is 5.29. The summed E-state index contributed by atoms with van der Waals surface area (Å²) in [5.74, 6) is -0.0923. The van der Waals surface area contributed by atoms with Gasteiger partial charge in [0.15, 0.2) is 0 Å². The summed E-state index contributed by atoms with van der Waals surface area (Å²) >= 11 is 5.31. The van der Waals surface area contributed by atoms with Gasteiger partial charge >= 0.3 is 0 Å². The van der Waals surface area contributed by atoms with Crippen molar-refractivity contribution in [3.8, 4) is 0 Å². The van der Waals surface area contributed by atoms with Gasteiger partial charge in [-0.05, 0) is 19.3 Å². The molecule has 0 unspecified atom stereocenters. The number of ether oxygens (including phenoxy) is 2. The molecular formula is C10H20ClNO3. The third-order valence-electron chi connectivity index (χ3n) is 1.67. The molecule has 0 aromatic heterocycles. The Morgan fingerprint density at radius 3 is 2.67 bits per heavy atom. The van der Waals surface area contributed by atoms with E-state index in [1.165, 1.54) is 0 Å². The Hall–Kier alpha value is -0.320. The molecule has 5 heteroatoms. The van der Waals surface area contributed by atoms with Crippen LogP contribution in [0.25, 0.3) is 0 Å². The average Bonchev–Trinajstić information content (AvgIpc) is 2.26. The van der Waals surface area contributed by atoms with Gasteiger partial charge < -0.3 is 14.8 Å². The summed E-state index contributed by atoms with van der Waals surface area (Å²) < 4.78 is 10.3. The minimum absolute atomic E-state index is 0.0291. The van der Waals surface area contributed by atoms with Crippen LogP contribution in [0, 0.1) is 0 Å². The predicted molar refractivity (Wildman–Crippen MR) is 60.0 cm³/mol. The van der Waals surface area contributed by atoms with Crippen LogP contribution in [0.2, 0.25) is 0 Å². The van der Waals surface area contributed by atoms with Crippen molar-refractivity contribution in [1.29, 1.82) is 0 Å². The molecule has 0 aliphatic heterocycles. The maximum Gasteiger partial charge on any atom is 0.234 e. The van der Waals surface area contributed by atoms with E-state index in [2.05, 4.69) is 12.2 Å². The first-order valence-corrected chi connectivity index (χ1v) is 5.82. The van der Waals surface area contributed by atoms with Gasteiger partial charge in [0.05, 0.1) is 0 Å². The lowest BCUT2D eigenvalue weighted by molar-refractivity contribution is -0.118. The third kappa shape index (κ3) is 11.6. The lowest BCUT2D eigenvalue weighted by Crippen LogP contribution is -2.25. The summed E-state index contributed by atoms with van der Waals surface area (Å²) in [7, 11) is 0. The number of hydrogen-bond donors (Lipinski definition) is 1. The predicted octanol–water partition coefficient (Wildman–Crippen LogP) is 1.52. The zero-order chi connectivity index (χ0) is 11.4. The van der Waals surface area contributed by atoms with Crippen LogP contribution in [0.3, 0.4) is 0 Å². The van der Waals surface area contributed by atoms with Gasteiger partial charge in [-0.1, -0.05) is 6.92 Å². The van der Waals surface area contributed by atoms with Gasteiger partial charge in [-0.3, -0.25) is 4.79 Å². The second-order valence-corrected chi connectivity index (χ2v) is 3.39. The first kappa shape index (κ1) is 14.7. The maximum atomic E-state index is 10.7. The summed E-state index contributed by atoms with van der Waals surface area (Å²) in [6.45, 7) is 4.48. The van der Waals surface area contributed by atoms with E-state index in [1.54, 1.807) is 0 Å². The number of hydrogen-bond acceptors (Lipinski definition) is 3. The quantitative estimate of drug-likeness (QED) is 0.356. The van der Waals surface area contributed by atoms with E-state index in [-0.39, 0.29) is 11.8 Å². The first-order chi connectivity index (χ1) is 7.31. The number of alkyl halides is 1. The Kier molecular flexibility index (Phi) is 11.5. The molecule has 0 aromatic carbocycles. The Morgan fingerprint density at radius 2 is 2.00 bits per heavy atom. The van der Waals surface area contributed by atoms with E-state index in [1.807, 2.05) is 0 Å². The van der Waals surface area contributed by atoms with Crippen LogP contribution in [0.15, 0.2) is 0 Å². The molecule has 0 bridgehead atoms. The fourth-order valence-corrected chi connectivity index (χ4v) is 1.02. The molecule has 0 atom stereocenters. The van der Waals surface area contributed by atoms with Gasteiger partial charge in [0, 0.05) is 19.8 Å². The van der Waals surface area contributed by atoms with Crippen LogP contribution < -0.4 is 5.32 Å². The molecule has 90 valence electrons. The summed E-state index contributed by atoms with van der Waals surface area (Å²) in [5.41, 5.74) is 0. The number of nitrogens with one attached hydrogen (secondary N) is 1. The number of carbonyl (C=O) groups is 1. The molecule has 4 nitrogen and oxygen atoms in total. The summed E-state index contributed by atoms with van der Waals surface area (Å²) in [6, 6.07) is 0. The number of rotatable bonds is 10. The van der Waals surface area contributed by atoms with Crippen molar-refractivity contribution < 1.29 is 14.3 Å². The minimum Gasteiger partial charge on any atom is -0.355 e. The molecule has 1 amide bonds. The highest BCUT2D eigenvalue weighted by Gasteiger charge is 1.96. The molecule has 15 heavy (non-hydrogen) atoms. The fourth-order valence-electron chi connectivity index (χ4n) is 0.925. The number of unbranched alkanes of at least 4 members (excludes halogenated alkanes) is 1. The van der Waals surface area contributed by atoms with Gasteiger partial charge in [0.2, 0.25) is 5.91 Å². The van der Waals surface area contributed by atoms with Gasteiger partial charge in [-0.2, -0.15) is 0 Å². The minimum atomic E-state index is -0.121. The fraction of sp³-hybridized carbons (Fsp3) is 0.900. The molecule has 0 spiro atoms. The lowest BCUT2D eigenvalue weighted by Gasteiger charge is -2.05. The van der Waals surface area contributed by atoms with Crippen LogP contribution in [0.4, 0.5) is 0 Å². The molecule has 0 aromatic rings. The van der Waals surface area contributed by atoms with Gasteiger partial charge in [-0.25, -0.2) is 0 Å². The topological polar surface area (TPSA) is 47.6 Å². The number of halogens is 1. The molecule has 0 heterocycles. The van der Waals surface area contributed by atoms with Crippen molar-refractivity contribution in [1.82, 2.24) is 5.32 Å². The smallest absolute Gasteiger partial charge is 0.234 e. The second kappa shape index (κ2) is 11.8. The van der Waals surface area contributed by atoms with E-state index in [0.717, 1.165) is 25.9 Å². The molecule has 1 N–H and O–H groups in total. The highest BCUT2D eigenvalue weighted by atomic mass is 35.5. The van der Waals surface area contributed by atoms with E-state index in [0.29, 0.717) is 19.9 Å². The van der Waals surface area contributed by atoms with Crippen molar-refractivity contribution in [2.45, 2.75) is 26.2 Å². The molecule has 0 saturated carbocycles. The molecule has 0 saturated heterocycles. The van der Waals surface area contributed by atoms with E-state index in [9.17, 15) is 4.79 Å². The van der Waals surface area contributed by atoms with E-state index in [4.69, 9.17) is 21.1 Å². The van der Waals surface area contributed by atoms with Crippen LogP contribution in [0.1, 0.15) is 26.2 Å². The normalized spacial score (nSPS) is 10.3. The molecular weight excluding hydrogens is 218 g/mol.